The number of rotatable bonds is 4. The van der Waals surface area contributed by atoms with E-state index in [1.165, 1.54) is 17.8 Å². The highest BCUT2D eigenvalue weighted by Gasteiger charge is 2.32. The quantitative estimate of drug-likeness (QED) is 0.827. The minimum atomic E-state index is -0.0648. The first-order chi connectivity index (χ1) is 8.19. The molecule has 0 bridgehead atoms. The number of hydrogen-bond acceptors (Lipinski definition) is 3. The number of thiophene rings is 1. The predicted octanol–water partition coefficient (Wildman–Crippen LogP) is 2.18. The van der Waals surface area contributed by atoms with Gasteiger partial charge < -0.3 is 10.0 Å². The minimum Gasteiger partial charge on any atom is -0.384 e. The van der Waals surface area contributed by atoms with Gasteiger partial charge in [0.1, 0.15) is 6.61 Å². The maximum atomic E-state index is 8.63. The van der Waals surface area contributed by atoms with Crippen LogP contribution in [-0.4, -0.2) is 30.2 Å². The summed E-state index contributed by atoms with van der Waals surface area (Å²) in [6.07, 6.45) is 1.39. The van der Waals surface area contributed by atoms with Crippen molar-refractivity contribution in [2.24, 2.45) is 11.8 Å². The van der Waals surface area contributed by atoms with Crippen LogP contribution in [0.5, 0.6) is 0 Å². The molecular weight excluding hydrogens is 230 g/mol. The Labute approximate surface area is 107 Å². The van der Waals surface area contributed by atoms with Crippen LogP contribution in [0.3, 0.4) is 0 Å². The van der Waals surface area contributed by atoms with Gasteiger partial charge in [0.05, 0.1) is 0 Å². The molecule has 1 heterocycles. The van der Waals surface area contributed by atoms with Crippen LogP contribution in [0, 0.1) is 23.7 Å². The predicted molar refractivity (Wildman–Crippen MR) is 71.9 cm³/mol. The topological polar surface area (TPSA) is 23.5 Å². The van der Waals surface area contributed by atoms with Gasteiger partial charge in [-0.1, -0.05) is 18.8 Å². The zero-order valence-corrected chi connectivity index (χ0v) is 11.3. The Hall–Kier alpha value is -0.820. The minimum absolute atomic E-state index is 0.0648. The smallest absolute Gasteiger partial charge is 0.104 e. The van der Waals surface area contributed by atoms with Crippen LogP contribution in [0.1, 0.15) is 23.8 Å². The molecule has 0 aliphatic heterocycles. The lowest BCUT2D eigenvalue weighted by Gasteiger charge is -2.14. The first-order valence-corrected chi connectivity index (χ1v) is 6.92. The SMILES string of the molecule is CC1CC1CN(C)Cc1cc(C#CCO)cs1. The highest BCUT2D eigenvalue weighted by Crippen LogP contribution is 2.38. The molecular formula is C14H19NOS. The maximum Gasteiger partial charge on any atom is 0.104 e. The van der Waals surface area contributed by atoms with Crippen LogP contribution in [0.4, 0.5) is 0 Å². The molecule has 3 heteroatoms. The van der Waals surface area contributed by atoms with Crippen LogP contribution in [-0.2, 0) is 6.54 Å². The van der Waals surface area contributed by atoms with Crippen molar-refractivity contribution in [1.29, 1.82) is 0 Å². The molecule has 2 rings (SSSR count). The van der Waals surface area contributed by atoms with Gasteiger partial charge in [0.15, 0.2) is 0 Å². The van der Waals surface area contributed by atoms with Gasteiger partial charge in [-0.15, -0.1) is 11.3 Å². The third-order valence-corrected chi connectivity index (χ3v) is 4.14. The average Bonchev–Trinajstić information content (AvgIpc) is 2.78. The number of aliphatic hydroxyl groups excluding tert-OH is 1. The van der Waals surface area contributed by atoms with E-state index in [9.17, 15) is 0 Å². The first-order valence-electron chi connectivity index (χ1n) is 6.04. The van der Waals surface area contributed by atoms with Gasteiger partial charge in [0.25, 0.3) is 0 Å². The van der Waals surface area contributed by atoms with E-state index in [2.05, 4.69) is 42.2 Å². The molecule has 1 N–H and O–H groups in total. The molecule has 0 spiro atoms. The summed E-state index contributed by atoms with van der Waals surface area (Å²) in [6, 6.07) is 2.13. The average molecular weight is 249 g/mol. The monoisotopic (exact) mass is 249 g/mol. The van der Waals surface area contributed by atoms with E-state index >= 15 is 0 Å². The molecule has 1 aromatic rings. The number of aliphatic hydroxyl groups is 1. The van der Waals surface area contributed by atoms with Gasteiger partial charge in [0.2, 0.25) is 0 Å². The highest BCUT2D eigenvalue weighted by atomic mass is 32.1. The summed E-state index contributed by atoms with van der Waals surface area (Å²) in [6.45, 7) is 4.47. The van der Waals surface area contributed by atoms with Gasteiger partial charge >= 0.3 is 0 Å². The summed E-state index contributed by atoms with van der Waals surface area (Å²) in [5, 5.41) is 10.7. The lowest BCUT2D eigenvalue weighted by atomic mass is 10.3. The summed E-state index contributed by atoms with van der Waals surface area (Å²) < 4.78 is 0. The van der Waals surface area contributed by atoms with E-state index in [0.717, 1.165) is 23.9 Å². The molecule has 17 heavy (non-hydrogen) atoms. The summed E-state index contributed by atoms with van der Waals surface area (Å²) >= 11 is 1.75. The van der Waals surface area contributed by atoms with E-state index in [-0.39, 0.29) is 6.61 Å². The molecule has 0 radical (unpaired) electrons. The third kappa shape index (κ3) is 3.85. The molecule has 1 aliphatic carbocycles. The van der Waals surface area contributed by atoms with E-state index in [1.54, 1.807) is 11.3 Å². The fourth-order valence-corrected chi connectivity index (χ4v) is 2.95. The second-order valence-electron chi connectivity index (χ2n) is 4.93. The van der Waals surface area contributed by atoms with Gasteiger partial charge in [-0.25, -0.2) is 0 Å². The summed E-state index contributed by atoms with van der Waals surface area (Å²) in [5.41, 5.74) is 1.02. The van der Waals surface area contributed by atoms with Crippen molar-refractivity contribution in [2.75, 3.05) is 20.2 Å². The molecule has 2 nitrogen and oxygen atoms in total. The van der Waals surface area contributed by atoms with Gasteiger partial charge in [0, 0.05) is 28.9 Å². The van der Waals surface area contributed by atoms with Crippen LogP contribution in [0.2, 0.25) is 0 Å². The molecule has 0 saturated heterocycles. The van der Waals surface area contributed by atoms with Crippen molar-refractivity contribution in [2.45, 2.75) is 19.9 Å². The van der Waals surface area contributed by atoms with Crippen molar-refractivity contribution < 1.29 is 5.11 Å². The Kier molecular flexibility index (Phi) is 4.22. The van der Waals surface area contributed by atoms with Crippen molar-refractivity contribution in [3.63, 3.8) is 0 Å². The standard InChI is InChI=1S/C14H19NOS/c1-11-6-13(11)8-15(2)9-14-7-12(10-17-14)4-3-5-16/h7,10-11,13,16H,5-6,8-9H2,1-2H3. The Morgan fingerprint density at radius 3 is 3.00 bits per heavy atom. The van der Waals surface area contributed by atoms with E-state index in [1.807, 2.05) is 0 Å². The van der Waals surface area contributed by atoms with E-state index < -0.39 is 0 Å². The molecule has 1 aromatic heterocycles. The van der Waals surface area contributed by atoms with Crippen molar-refractivity contribution in [3.05, 3.63) is 21.9 Å². The Morgan fingerprint density at radius 1 is 1.59 bits per heavy atom. The molecule has 92 valence electrons. The summed E-state index contributed by atoms with van der Waals surface area (Å²) in [4.78, 5) is 3.74. The largest absolute Gasteiger partial charge is 0.384 e. The second-order valence-corrected chi connectivity index (χ2v) is 5.93. The first kappa shape index (κ1) is 12.6. The molecule has 2 unspecified atom stereocenters. The molecule has 2 atom stereocenters. The number of nitrogens with zero attached hydrogens (tertiary/aromatic N) is 1. The van der Waals surface area contributed by atoms with Crippen molar-refractivity contribution >= 4 is 11.3 Å². The zero-order valence-electron chi connectivity index (χ0n) is 10.4. The van der Waals surface area contributed by atoms with E-state index in [4.69, 9.17) is 5.11 Å². The van der Waals surface area contributed by atoms with Crippen LogP contribution < -0.4 is 0 Å². The molecule has 0 amide bonds. The van der Waals surface area contributed by atoms with E-state index in [0.29, 0.717) is 0 Å². The fourth-order valence-electron chi connectivity index (χ4n) is 2.06. The third-order valence-electron chi connectivity index (χ3n) is 3.21. The van der Waals surface area contributed by atoms with Crippen LogP contribution >= 0.6 is 11.3 Å². The van der Waals surface area contributed by atoms with Gasteiger partial charge in [-0.2, -0.15) is 0 Å². The van der Waals surface area contributed by atoms with Crippen LogP contribution in [0.25, 0.3) is 0 Å². The summed E-state index contributed by atoms with van der Waals surface area (Å²) in [5.74, 6) is 7.45. The fraction of sp³-hybridized carbons (Fsp3) is 0.571. The highest BCUT2D eigenvalue weighted by molar-refractivity contribution is 7.10. The number of hydrogen-bond donors (Lipinski definition) is 1. The second kappa shape index (κ2) is 5.68. The summed E-state index contributed by atoms with van der Waals surface area (Å²) in [7, 11) is 2.18. The Balaban J connectivity index is 1.83. The lowest BCUT2D eigenvalue weighted by Crippen LogP contribution is -2.20. The van der Waals surface area contributed by atoms with Gasteiger partial charge in [-0.05, 0) is 31.4 Å². The van der Waals surface area contributed by atoms with Crippen LogP contribution in [0.15, 0.2) is 11.4 Å². The zero-order chi connectivity index (χ0) is 12.3. The Bertz CT molecular complexity index is 429. The lowest BCUT2D eigenvalue weighted by molar-refractivity contribution is 0.310. The molecule has 1 aliphatic rings. The van der Waals surface area contributed by atoms with Crippen molar-refractivity contribution in [3.8, 4) is 11.8 Å². The van der Waals surface area contributed by atoms with Gasteiger partial charge in [-0.3, -0.25) is 0 Å². The Morgan fingerprint density at radius 2 is 2.35 bits per heavy atom. The molecule has 0 aromatic carbocycles. The molecule has 1 fully saturated rings. The maximum absolute atomic E-state index is 8.63. The normalized spacial score (nSPS) is 22.4. The van der Waals surface area contributed by atoms with Crippen molar-refractivity contribution in [1.82, 2.24) is 4.90 Å². The molecule has 1 saturated carbocycles.